The van der Waals surface area contributed by atoms with Gasteiger partial charge in [-0.3, -0.25) is 14.8 Å². The van der Waals surface area contributed by atoms with Crippen LogP contribution in [0.3, 0.4) is 0 Å². The van der Waals surface area contributed by atoms with E-state index in [4.69, 9.17) is 0 Å². The molecule has 1 fully saturated rings. The van der Waals surface area contributed by atoms with E-state index in [1.165, 1.54) is 0 Å². The maximum atomic E-state index is 12.3. The first-order valence-corrected chi connectivity index (χ1v) is 6.02. The van der Waals surface area contributed by atoms with Crippen molar-refractivity contribution in [3.05, 3.63) is 17.5 Å². The van der Waals surface area contributed by atoms with Gasteiger partial charge in [0.15, 0.2) is 0 Å². The fraction of sp³-hybridized carbons (Fsp3) is 0.667. The highest BCUT2D eigenvalue weighted by Crippen LogP contribution is 2.16. The zero-order chi connectivity index (χ0) is 12.6. The number of H-pyrrole nitrogens is 1. The van der Waals surface area contributed by atoms with E-state index in [1.807, 2.05) is 11.8 Å². The van der Waals surface area contributed by atoms with Gasteiger partial charge in [0.05, 0.1) is 11.8 Å². The minimum Gasteiger partial charge on any atom is -0.335 e. The number of hydrogen-bond donors (Lipinski definition) is 1. The van der Waals surface area contributed by atoms with Crippen LogP contribution >= 0.6 is 0 Å². The highest BCUT2D eigenvalue weighted by Gasteiger charge is 2.30. The summed E-state index contributed by atoms with van der Waals surface area (Å²) in [5.41, 5.74) is 1.53. The molecule has 1 aromatic rings. The van der Waals surface area contributed by atoms with E-state index < -0.39 is 0 Å². The number of rotatable bonds is 1. The van der Waals surface area contributed by atoms with Crippen molar-refractivity contribution in [1.29, 1.82) is 0 Å². The summed E-state index contributed by atoms with van der Waals surface area (Å²) in [6.45, 7) is 7.74. The maximum absolute atomic E-state index is 12.3. The Kier molecular flexibility index (Phi) is 3.19. The molecule has 0 bridgehead atoms. The van der Waals surface area contributed by atoms with Crippen molar-refractivity contribution in [2.24, 2.45) is 0 Å². The third-order valence-corrected chi connectivity index (χ3v) is 3.71. The van der Waals surface area contributed by atoms with Gasteiger partial charge in [0.25, 0.3) is 5.91 Å². The van der Waals surface area contributed by atoms with Crippen molar-refractivity contribution in [2.45, 2.75) is 32.9 Å². The molecule has 2 atom stereocenters. The molecule has 1 aliphatic rings. The van der Waals surface area contributed by atoms with Crippen LogP contribution in [0.1, 0.15) is 29.9 Å². The summed E-state index contributed by atoms with van der Waals surface area (Å²) in [5.74, 6) is 0.0862. The lowest BCUT2D eigenvalue weighted by Crippen LogP contribution is -2.56. The summed E-state index contributed by atoms with van der Waals surface area (Å²) >= 11 is 0. The van der Waals surface area contributed by atoms with E-state index in [9.17, 15) is 4.79 Å². The van der Waals surface area contributed by atoms with Crippen LogP contribution < -0.4 is 0 Å². The minimum absolute atomic E-state index is 0.0862. The molecule has 5 nitrogen and oxygen atoms in total. The molecular weight excluding hydrogens is 216 g/mol. The summed E-state index contributed by atoms with van der Waals surface area (Å²) in [6.07, 6.45) is 1.62. The van der Waals surface area contributed by atoms with Crippen molar-refractivity contribution in [2.75, 3.05) is 20.1 Å². The van der Waals surface area contributed by atoms with Crippen LogP contribution in [0.2, 0.25) is 0 Å². The number of aromatic nitrogens is 2. The lowest BCUT2D eigenvalue weighted by Gasteiger charge is -2.42. The molecule has 0 radical (unpaired) electrons. The normalized spacial score (nSPS) is 26.2. The second-order valence-corrected chi connectivity index (χ2v) is 4.98. The standard InChI is InChI=1S/C12H20N4O/c1-8-6-16(7-9(2)15(8)4)12(17)11-5-13-14-10(11)3/h5,8-9H,6-7H2,1-4H3,(H,13,14). The molecule has 2 heterocycles. The van der Waals surface area contributed by atoms with Gasteiger partial charge in [-0.1, -0.05) is 0 Å². The number of aromatic amines is 1. The van der Waals surface area contributed by atoms with Crippen LogP contribution in [-0.2, 0) is 0 Å². The Bertz CT molecular complexity index is 402. The number of carbonyl (C=O) groups is 1. The Labute approximate surface area is 102 Å². The molecule has 0 aromatic carbocycles. The predicted molar refractivity (Wildman–Crippen MR) is 65.9 cm³/mol. The van der Waals surface area contributed by atoms with Gasteiger partial charge >= 0.3 is 0 Å². The SMILES string of the molecule is Cc1[nH]ncc1C(=O)N1CC(C)N(C)C(C)C1. The fourth-order valence-corrected chi connectivity index (χ4v) is 2.31. The molecule has 1 aromatic heterocycles. The minimum atomic E-state index is 0.0862. The van der Waals surface area contributed by atoms with E-state index in [2.05, 4.69) is 36.0 Å². The Hall–Kier alpha value is -1.36. The van der Waals surface area contributed by atoms with Gasteiger partial charge in [0.2, 0.25) is 0 Å². The Morgan fingerprint density at radius 1 is 1.41 bits per heavy atom. The van der Waals surface area contributed by atoms with Crippen molar-refractivity contribution in [3.63, 3.8) is 0 Å². The number of amides is 1. The Balaban J connectivity index is 2.14. The van der Waals surface area contributed by atoms with Crippen molar-refractivity contribution in [1.82, 2.24) is 20.0 Å². The third kappa shape index (κ3) is 2.20. The molecule has 1 saturated heterocycles. The second-order valence-electron chi connectivity index (χ2n) is 4.98. The van der Waals surface area contributed by atoms with Crippen LogP contribution in [0.5, 0.6) is 0 Å². The van der Waals surface area contributed by atoms with E-state index in [1.54, 1.807) is 6.20 Å². The van der Waals surface area contributed by atoms with Gasteiger partial charge in [-0.05, 0) is 27.8 Å². The molecule has 0 aliphatic carbocycles. The second kappa shape index (κ2) is 4.49. The highest BCUT2D eigenvalue weighted by atomic mass is 16.2. The molecule has 1 N–H and O–H groups in total. The number of aryl methyl sites for hydroxylation is 1. The van der Waals surface area contributed by atoms with Crippen molar-refractivity contribution < 1.29 is 4.79 Å². The number of piperazine rings is 1. The molecule has 1 aliphatic heterocycles. The van der Waals surface area contributed by atoms with Gasteiger partial charge < -0.3 is 4.90 Å². The first kappa shape index (κ1) is 12.1. The summed E-state index contributed by atoms with van der Waals surface area (Å²) in [4.78, 5) is 16.6. The van der Waals surface area contributed by atoms with E-state index in [0.29, 0.717) is 17.6 Å². The molecule has 94 valence electrons. The predicted octanol–water partition coefficient (Wildman–Crippen LogP) is 0.883. The number of hydrogen-bond acceptors (Lipinski definition) is 3. The van der Waals surface area contributed by atoms with Gasteiger partial charge in [-0.2, -0.15) is 5.10 Å². The van der Waals surface area contributed by atoms with Crippen LogP contribution in [0.4, 0.5) is 0 Å². The van der Waals surface area contributed by atoms with E-state index in [0.717, 1.165) is 18.8 Å². The lowest BCUT2D eigenvalue weighted by atomic mass is 10.1. The zero-order valence-electron chi connectivity index (χ0n) is 10.9. The topological polar surface area (TPSA) is 52.2 Å². The molecular formula is C12H20N4O. The van der Waals surface area contributed by atoms with Gasteiger partial charge in [-0.25, -0.2) is 0 Å². The molecule has 2 unspecified atom stereocenters. The molecule has 17 heavy (non-hydrogen) atoms. The summed E-state index contributed by atoms with van der Waals surface area (Å²) in [7, 11) is 2.11. The smallest absolute Gasteiger partial charge is 0.257 e. The molecule has 1 amide bonds. The number of carbonyl (C=O) groups excluding carboxylic acids is 1. The van der Waals surface area contributed by atoms with Crippen molar-refractivity contribution in [3.8, 4) is 0 Å². The first-order valence-electron chi connectivity index (χ1n) is 6.02. The maximum Gasteiger partial charge on any atom is 0.257 e. The van der Waals surface area contributed by atoms with E-state index in [-0.39, 0.29) is 5.91 Å². The number of nitrogens with one attached hydrogen (secondary N) is 1. The van der Waals surface area contributed by atoms with Gasteiger partial charge in [-0.15, -0.1) is 0 Å². The van der Waals surface area contributed by atoms with Crippen LogP contribution in [0.25, 0.3) is 0 Å². The monoisotopic (exact) mass is 236 g/mol. The average molecular weight is 236 g/mol. The van der Waals surface area contributed by atoms with Gasteiger partial charge in [0.1, 0.15) is 0 Å². The summed E-state index contributed by atoms with van der Waals surface area (Å²) < 4.78 is 0. The van der Waals surface area contributed by atoms with Gasteiger partial charge in [0, 0.05) is 30.9 Å². The quantitative estimate of drug-likeness (QED) is 0.787. The molecule has 0 saturated carbocycles. The Morgan fingerprint density at radius 2 is 2.00 bits per heavy atom. The fourth-order valence-electron chi connectivity index (χ4n) is 2.31. The average Bonchev–Trinajstić information content (AvgIpc) is 2.70. The van der Waals surface area contributed by atoms with Crippen LogP contribution in [-0.4, -0.2) is 58.1 Å². The lowest BCUT2D eigenvalue weighted by molar-refractivity contribution is 0.0413. The molecule has 0 spiro atoms. The summed E-state index contributed by atoms with van der Waals surface area (Å²) in [5, 5.41) is 6.72. The largest absolute Gasteiger partial charge is 0.335 e. The Morgan fingerprint density at radius 3 is 2.47 bits per heavy atom. The van der Waals surface area contributed by atoms with Crippen LogP contribution in [0, 0.1) is 6.92 Å². The zero-order valence-corrected chi connectivity index (χ0v) is 10.9. The van der Waals surface area contributed by atoms with E-state index >= 15 is 0 Å². The number of likely N-dealkylation sites (N-methyl/N-ethyl adjacent to an activating group) is 1. The molecule has 5 heteroatoms. The third-order valence-electron chi connectivity index (χ3n) is 3.71. The van der Waals surface area contributed by atoms with Crippen molar-refractivity contribution >= 4 is 5.91 Å². The number of nitrogens with zero attached hydrogens (tertiary/aromatic N) is 3. The summed E-state index contributed by atoms with van der Waals surface area (Å²) in [6, 6.07) is 0.796. The first-order chi connectivity index (χ1) is 8.00. The highest BCUT2D eigenvalue weighted by molar-refractivity contribution is 5.95. The van der Waals surface area contributed by atoms with Crippen LogP contribution in [0.15, 0.2) is 6.20 Å². The molecule has 2 rings (SSSR count).